The molecule has 2 aromatic rings. The third-order valence-corrected chi connectivity index (χ3v) is 4.60. The van der Waals surface area contributed by atoms with E-state index in [9.17, 15) is 15.5 Å². The van der Waals surface area contributed by atoms with Gasteiger partial charge in [0.1, 0.15) is 30.1 Å². The fourth-order valence-corrected chi connectivity index (χ4v) is 3.23. The van der Waals surface area contributed by atoms with E-state index in [1.807, 2.05) is 0 Å². The lowest BCUT2D eigenvalue weighted by molar-refractivity contribution is -0.0607. The van der Waals surface area contributed by atoms with Crippen LogP contribution in [0.5, 0.6) is 0 Å². The van der Waals surface area contributed by atoms with Crippen molar-refractivity contribution >= 4 is 11.3 Å². The molecular weight excluding hydrogens is 286 g/mol. The van der Waals surface area contributed by atoms with Gasteiger partial charge in [-0.25, -0.2) is 9.50 Å². The minimum absolute atomic E-state index is 0.388. The SMILES string of the molecule is CNc1ncnn2c([C@]3(C#N)OC4(CC4)[C@@H](O)[C@H]3O)ccc12. The first kappa shape index (κ1) is 13.5. The Hall–Kier alpha value is -2.21. The molecule has 0 bridgehead atoms. The van der Waals surface area contributed by atoms with Crippen molar-refractivity contribution in [1.82, 2.24) is 14.6 Å². The molecule has 3 atom stereocenters. The Morgan fingerprint density at radius 2 is 2.18 bits per heavy atom. The maximum Gasteiger partial charge on any atom is 0.225 e. The smallest absolute Gasteiger partial charge is 0.225 e. The third kappa shape index (κ3) is 1.45. The number of nitriles is 1. The predicted octanol–water partition coefficient (Wildman–Crippen LogP) is -0.226. The Bertz CT molecular complexity index is 793. The molecule has 4 rings (SSSR count). The summed E-state index contributed by atoms with van der Waals surface area (Å²) >= 11 is 0. The average Bonchev–Trinajstić information content (AvgIpc) is 3.14. The normalized spacial score (nSPS) is 32.3. The van der Waals surface area contributed by atoms with Gasteiger partial charge in [-0.1, -0.05) is 0 Å². The van der Waals surface area contributed by atoms with Gasteiger partial charge in [0, 0.05) is 7.05 Å². The highest BCUT2D eigenvalue weighted by atomic mass is 16.6. The van der Waals surface area contributed by atoms with E-state index in [0.29, 0.717) is 29.9 Å². The monoisotopic (exact) mass is 301 g/mol. The lowest BCUT2D eigenvalue weighted by Gasteiger charge is -2.24. The maximum absolute atomic E-state index is 10.5. The fraction of sp³-hybridized carbons (Fsp3) is 0.500. The molecule has 0 radical (unpaired) electrons. The first-order chi connectivity index (χ1) is 10.6. The topological polar surface area (TPSA) is 116 Å². The summed E-state index contributed by atoms with van der Waals surface area (Å²) in [5.41, 5.74) is -1.39. The first-order valence-corrected chi connectivity index (χ1v) is 7.06. The van der Waals surface area contributed by atoms with Crippen LogP contribution in [0.1, 0.15) is 18.5 Å². The van der Waals surface area contributed by atoms with Crippen molar-refractivity contribution in [2.24, 2.45) is 0 Å². The summed E-state index contributed by atoms with van der Waals surface area (Å²) in [5.74, 6) is 0.600. The number of nitrogens with zero attached hydrogens (tertiary/aromatic N) is 4. The van der Waals surface area contributed by atoms with E-state index >= 15 is 0 Å². The summed E-state index contributed by atoms with van der Waals surface area (Å²) in [5, 5.41) is 37.5. The standard InChI is InChI=1S/C14H15N5O3/c1-16-12-8-2-3-9(19(8)18-7-17-12)14(6-15)11(21)10(20)13(22-14)4-5-13/h2-3,7,10-11,20-21H,4-5H2,1H3,(H,16,17,18)/t10-,11+,14-/m0/s1. The molecule has 1 saturated carbocycles. The zero-order valence-corrected chi connectivity index (χ0v) is 11.9. The fourth-order valence-electron chi connectivity index (χ4n) is 3.23. The first-order valence-electron chi connectivity index (χ1n) is 7.06. The van der Waals surface area contributed by atoms with Crippen molar-refractivity contribution in [2.75, 3.05) is 12.4 Å². The molecule has 1 aliphatic heterocycles. The minimum Gasteiger partial charge on any atom is -0.387 e. The molecule has 3 heterocycles. The molecule has 8 heteroatoms. The number of ether oxygens (including phenoxy) is 1. The molecule has 114 valence electrons. The van der Waals surface area contributed by atoms with Gasteiger partial charge in [0.25, 0.3) is 0 Å². The van der Waals surface area contributed by atoms with E-state index in [1.54, 1.807) is 19.2 Å². The van der Waals surface area contributed by atoms with Gasteiger partial charge in [0.2, 0.25) is 5.60 Å². The van der Waals surface area contributed by atoms with E-state index < -0.39 is 23.4 Å². The Labute approximate surface area is 126 Å². The largest absolute Gasteiger partial charge is 0.387 e. The molecule has 2 fully saturated rings. The lowest BCUT2D eigenvalue weighted by Crippen LogP contribution is -2.40. The second-order valence-electron chi connectivity index (χ2n) is 5.78. The number of nitrogens with one attached hydrogen (secondary N) is 1. The van der Waals surface area contributed by atoms with Crippen LogP contribution in [0.15, 0.2) is 18.5 Å². The molecule has 2 aliphatic rings. The Morgan fingerprint density at radius 3 is 2.77 bits per heavy atom. The summed E-state index contributed by atoms with van der Waals surface area (Å²) in [6.07, 6.45) is 0.219. The summed E-state index contributed by atoms with van der Waals surface area (Å²) in [6.45, 7) is 0. The molecule has 2 aromatic heterocycles. The molecule has 0 unspecified atom stereocenters. The highest BCUT2D eigenvalue weighted by molar-refractivity contribution is 5.68. The second kappa shape index (κ2) is 4.16. The number of aromatic nitrogens is 3. The van der Waals surface area contributed by atoms with Crippen molar-refractivity contribution in [3.8, 4) is 6.07 Å². The Kier molecular flexibility index (Phi) is 2.55. The van der Waals surface area contributed by atoms with Gasteiger partial charge >= 0.3 is 0 Å². The summed E-state index contributed by atoms with van der Waals surface area (Å²) in [4.78, 5) is 4.11. The number of fused-ring (bicyclic) bond motifs is 1. The number of hydrogen-bond donors (Lipinski definition) is 3. The molecule has 1 aliphatic carbocycles. The van der Waals surface area contributed by atoms with E-state index in [0.717, 1.165) is 0 Å². The molecule has 1 saturated heterocycles. The number of hydrogen-bond acceptors (Lipinski definition) is 7. The predicted molar refractivity (Wildman–Crippen MR) is 74.9 cm³/mol. The van der Waals surface area contributed by atoms with Crippen molar-refractivity contribution < 1.29 is 14.9 Å². The molecule has 8 nitrogen and oxygen atoms in total. The lowest BCUT2D eigenvalue weighted by atomic mass is 9.92. The van der Waals surface area contributed by atoms with Crippen LogP contribution in [-0.4, -0.2) is 49.7 Å². The summed E-state index contributed by atoms with van der Waals surface area (Å²) in [7, 11) is 1.74. The third-order valence-electron chi connectivity index (χ3n) is 4.60. The average molecular weight is 301 g/mol. The zero-order valence-electron chi connectivity index (χ0n) is 11.9. The van der Waals surface area contributed by atoms with Crippen LogP contribution in [0, 0.1) is 11.3 Å². The maximum atomic E-state index is 10.5. The van der Waals surface area contributed by atoms with Gasteiger partial charge in [-0.2, -0.15) is 10.4 Å². The van der Waals surface area contributed by atoms with Gasteiger partial charge in [0.05, 0.1) is 11.3 Å². The number of anilines is 1. The van der Waals surface area contributed by atoms with E-state index in [2.05, 4.69) is 21.5 Å². The van der Waals surface area contributed by atoms with Crippen LogP contribution >= 0.6 is 0 Å². The molecule has 3 N–H and O–H groups in total. The van der Waals surface area contributed by atoms with Crippen molar-refractivity contribution in [3.63, 3.8) is 0 Å². The van der Waals surface area contributed by atoms with E-state index in [1.165, 1.54) is 10.8 Å². The van der Waals surface area contributed by atoms with Crippen molar-refractivity contribution in [3.05, 3.63) is 24.2 Å². The van der Waals surface area contributed by atoms with E-state index in [4.69, 9.17) is 4.74 Å². The van der Waals surface area contributed by atoms with Crippen LogP contribution in [-0.2, 0) is 10.3 Å². The van der Waals surface area contributed by atoms with Crippen LogP contribution in [0.4, 0.5) is 5.82 Å². The van der Waals surface area contributed by atoms with E-state index in [-0.39, 0.29) is 0 Å². The number of aliphatic hydroxyl groups is 2. The highest BCUT2D eigenvalue weighted by Gasteiger charge is 2.69. The highest BCUT2D eigenvalue weighted by Crippen LogP contribution is 2.56. The van der Waals surface area contributed by atoms with Crippen LogP contribution in [0.2, 0.25) is 0 Å². The van der Waals surface area contributed by atoms with Gasteiger partial charge in [-0.05, 0) is 25.0 Å². The van der Waals surface area contributed by atoms with Crippen LogP contribution in [0.3, 0.4) is 0 Å². The summed E-state index contributed by atoms with van der Waals surface area (Å²) < 4.78 is 7.40. The molecule has 1 spiro atoms. The molecule has 22 heavy (non-hydrogen) atoms. The van der Waals surface area contributed by atoms with Crippen LogP contribution < -0.4 is 5.32 Å². The Morgan fingerprint density at radius 1 is 1.41 bits per heavy atom. The minimum atomic E-state index is -1.64. The quantitative estimate of drug-likeness (QED) is 0.702. The summed E-state index contributed by atoms with van der Waals surface area (Å²) in [6, 6.07) is 5.47. The number of rotatable bonds is 2. The van der Waals surface area contributed by atoms with Gasteiger partial charge in [0.15, 0.2) is 5.82 Å². The van der Waals surface area contributed by atoms with Gasteiger partial charge in [-0.15, -0.1) is 0 Å². The van der Waals surface area contributed by atoms with Gasteiger partial charge in [-0.3, -0.25) is 0 Å². The zero-order chi connectivity index (χ0) is 15.5. The van der Waals surface area contributed by atoms with Crippen molar-refractivity contribution in [2.45, 2.75) is 36.3 Å². The number of aliphatic hydroxyl groups excluding tert-OH is 2. The van der Waals surface area contributed by atoms with Crippen LogP contribution in [0.25, 0.3) is 5.52 Å². The van der Waals surface area contributed by atoms with Gasteiger partial charge < -0.3 is 20.3 Å². The molecule has 0 aromatic carbocycles. The molecule has 0 amide bonds. The Balaban J connectivity index is 1.92. The second-order valence-corrected chi connectivity index (χ2v) is 5.78. The molecular formula is C14H15N5O3. The van der Waals surface area contributed by atoms with Crippen molar-refractivity contribution in [1.29, 1.82) is 5.26 Å².